The molecule has 8 heteroatoms. The van der Waals surface area contributed by atoms with Crippen LogP contribution in [0.15, 0.2) is 42.6 Å². The first-order chi connectivity index (χ1) is 14.6. The van der Waals surface area contributed by atoms with E-state index in [1.54, 1.807) is 18.3 Å². The Morgan fingerprint density at radius 2 is 1.73 bits per heavy atom. The fourth-order valence-corrected chi connectivity index (χ4v) is 3.70. The highest BCUT2D eigenvalue weighted by Gasteiger charge is 2.27. The molecule has 1 unspecified atom stereocenters. The molecule has 2 saturated heterocycles. The number of carbonyl (C=O) groups is 2. The van der Waals surface area contributed by atoms with Crippen molar-refractivity contribution in [3.8, 4) is 11.1 Å². The van der Waals surface area contributed by atoms with Gasteiger partial charge < -0.3 is 20.1 Å². The third-order valence-electron chi connectivity index (χ3n) is 5.50. The van der Waals surface area contributed by atoms with Crippen molar-refractivity contribution in [1.29, 1.82) is 0 Å². The van der Waals surface area contributed by atoms with Gasteiger partial charge in [0.15, 0.2) is 0 Å². The van der Waals surface area contributed by atoms with E-state index >= 15 is 0 Å². The molecule has 2 aliphatic rings. The van der Waals surface area contributed by atoms with Crippen LogP contribution < -0.4 is 5.73 Å². The van der Waals surface area contributed by atoms with E-state index in [1.165, 1.54) is 0 Å². The van der Waals surface area contributed by atoms with Crippen molar-refractivity contribution >= 4 is 11.8 Å². The van der Waals surface area contributed by atoms with Gasteiger partial charge in [-0.15, -0.1) is 0 Å². The highest BCUT2D eigenvalue weighted by molar-refractivity contribution is 5.93. The molecule has 3 heterocycles. The van der Waals surface area contributed by atoms with Crippen LogP contribution in [-0.2, 0) is 14.3 Å². The number of benzene rings is 1. The van der Waals surface area contributed by atoms with Gasteiger partial charge >= 0.3 is 0 Å². The van der Waals surface area contributed by atoms with Crippen LogP contribution in [-0.4, -0.2) is 79.1 Å². The van der Waals surface area contributed by atoms with Gasteiger partial charge in [-0.05, 0) is 23.8 Å². The molecule has 2 fully saturated rings. The van der Waals surface area contributed by atoms with Crippen molar-refractivity contribution in [2.45, 2.75) is 6.10 Å². The number of hydrogen-bond donors (Lipinski definition) is 1. The fourth-order valence-electron chi connectivity index (χ4n) is 3.70. The maximum atomic E-state index is 12.7. The van der Waals surface area contributed by atoms with E-state index in [9.17, 15) is 9.59 Å². The van der Waals surface area contributed by atoms with Gasteiger partial charge in [-0.3, -0.25) is 19.5 Å². The molecule has 30 heavy (non-hydrogen) atoms. The molecule has 0 saturated carbocycles. The summed E-state index contributed by atoms with van der Waals surface area (Å²) < 4.78 is 11.2. The second kappa shape index (κ2) is 9.34. The summed E-state index contributed by atoms with van der Waals surface area (Å²) in [6.45, 7) is 4.97. The Morgan fingerprint density at radius 1 is 1.00 bits per heavy atom. The van der Waals surface area contributed by atoms with E-state index in [-0.39, 0.29) is 12.0 Å². The number of hydrogen-bond acceptors (Lipinski definition) is 6. The number of carbonyl (C=O) groups excluding carboxylic acids is 2. The molecule has 0 bridgehead atoms. The number of primary amides is 1. The van der Waals surface area contributed by atoms with Crippen LogP contribution in [0.1, 0.15) is 22.2 Å². The maximum absolute atomic E-state index is 12.7. The SMILES string of the molecule is NC(=O)c1ccc(-c2ccc(C3CN(C(=O)CN4CCOCC4)CCO3)nc2)cc1. The van der Waals surface area contributed by atoms with E-state index in [0.29, 0.717) is 45.0 Å². The first-order valence-corrected chi connectivity index (χ1v) is 10.2. The number of ether oxygens (including phenoxy) is 2. The smallest absolute Gasteiger partial charge is 0.248 e. The number of aromatic nitrogens is 1. The van der Waals surface area contributed by atoms with Gasteiger partial charge in [0.2, 0.25) is 11.8 Å². The molecule has 1 aromatic heterocycles. The molecule has 4 rings (SSSR count). The second-order valence-corrected chi connectivity index (χ2v) is 7.50. The van der Waals surface area contributed by atoms with Crippen LogP contribution in [0.5, 0.6) is 0 Å². The van der Waals surface area contributed by atoms with Crippen molar-refractivity contribution in [1.82, 2.24) is 14.8 Å². The zero-order valence-electron chi connectivity index (χ0n) is 16.8. The molecule has 2 aromatic rings. The maximum Gasteiger partial charge on any atom is 0.248 e. The molecule has 2 N–H and O–H groups in total. The van der Waals surface area contributed by atoms with Crippen LogP contribution in [0, 0.1) is 0 Å². The van der Waals surface area contributed by atoms with Gasteiger partial charge in [0.25, 0.3) is 0 Å². The molecule has 0 spiro atoms. The topological polar surface area (TPSA) is 98.0 Å². The van der Waals surface area contributed by atoms with Gasteiger partial charge in [-0.1, -0.05) is 18.2 Å². The monoisotopic (exact) mass is 410 g/mol. The Bertz CT molecular complexity index is 879. The first-order valence-electron chi connectivity index (χ1n) is 10.2. The third-order valence-corrected chi connectivity index (χ3v) is 5.50. The Morgan fingerprint density at radius 3 is 2.40 bits per heavy atom. The lowest BCUT2D eigenvalue weighted by Gasteiger charge is -2.35. The zero-order valence-corrected chi connectivity index (χ0v) is 16.8. The van der Waals surface area contributed by atoms with Gasteiger partial charge in [0.05, 0.1) is 38.6 Å². The number of nitrogens with zero attached hydrogens (tertiary/aromatic N) is 3. The summed E-state index contributed by atoms with van der Waals surface area (Å²) >= 11 is 0. The van der Waals surface area contributed by atoms with E-state index in [1.807, 2.05) is 29.2 Å². The molecule has 0 aliphatic carbocycles. The third kappa shape index (κ3) is 4.84. The van der Waals surface area contributed by atoms with E-state index in [2.05, 4.69) is 9.88 Å². The van der Waals surface area contributed by atoms with E-state index in [4.69, 9.17) is 15.2 Å². The van der Waals surface area contributed by atoms with Crippen molar-refractivity contribution in [3.05, 3.63) is 53.9 Å². The van der Waals surface area contributed by atoms with Crippen LogP contribution in [0.4, 0.5) is 0 Å². The van der Waals surface area contributed by atoms with Gasteiger partial charge in [0.1, 0.15) is 6.10 Å². The average molecular weight is 410 g/mol. The van der Waals surface area contributed by atoms with Crippen LogP contribution in [0.25, 0.3) is 11.1 Å². The lowest BCUT2D eigenvalue weighted by Crippen LogP contribution is -2.48. The van der Waals surface area contributed by atoms with E-state index < -0.39 is 5.91 Å². The van der Waals surface area contributed by atoms with Gasteiger partial charge in [-0.25, -0.2) is 0 Å². The Balaban J connectivity index is 1.38. The lowest BCUT2D eigenvalue weighted by atomic mass is 10.0. The minimum Gasteiger partial charge on any atom is -0.379 e. The normalized spacial score (nSPS) is 20.1. The summed E-state index contributed by atoms with van der Waals surface area (Å²) in [6, 6.07) is 11.0. The zero-order chi connectivity index (χ0) is 20.9. The number of morpholine rings is 2. The summed E-state index contributed by atoms with van der Waals surface area (Å²) in [5.41, 5.74) is 8.45. The predicted molar refractivity (Wildman–Crippen MR) is 111 cm³/mol. The van der Waals surface area contributed by atoms with Crippen molar-refractivity contribution in [3.63, 3.8) is 0 Å². The molecule has 2 amide bonds. The number of pyridine rings is 1. The Labute approximate surface area is 175 Å². The molecular formula is C22H26N4O4. The summed E-state index contributed by atoms with van der Waals surface area (Å²) in [5.74, 6) is -0.325. The molecule has 1 atom stereocenters. The Kier molecular flexibility index (Phi) is 6.37. The first kappa shape index (κ1) is 20.5. The quantitative estimate of drug-likeness (QED) is 0.792. The van der Waals surface area contributed by atoms with Crippen molar-refractivity contribution < 1.29 is 19.1 Å². The highest BCUT2D eigenvalue weighted by Crippen LogP contribution is 2.24. The van der Waals surface area contributed by atoms with E-state index in [0.717, 1.165) is 29.9 Å². The lowest BCUT2D eigenvalue weighted by molar-refractivity contribution is -0.141. The molecule has 0 radical (unpaired) electrons. The molecule has 2 aliphatic heterocycles. The molecular weight excluding hydrogens is 384 g/mol. The fraction of sp³-hybridized carbons (Fsp3) is 0.409. The predicted octanol–water partition coefficient (Wildman–Crippen LogP) is 1.08. The largest absolute Gasteiger partial charge is 0.379 e. The van der Waals surface area contributed by atoms with Gasteiger partial charge in [0, 0.05) is 37.0 Å². The molecule has 158 valence electrons. The number of rotatable bonds is 5. The van der Waals surface area contributed by atoms with Crippen LogP contribution in [0.3, 0.4) is 0 Å². The van der Waals surface area contributed by atoms with Crippen molar-refractivity contribution in [2.75, 3.05) is 52.5 Å². The summed E-state index contributed by atoms with van der Waals surface area (Å²) in [4.78, 5) is 32.5. The highest BCUT2D eigenvalue weighted by atomic mass is 16.5. The Hall–Kier alpha value is -2.81. The summed E-state index contributed by atoms with van der Waals surface area (Å²) in [6.07, 6.45) is 1.55. The number of amides is 2. The van der Waals surface area contributed by atoms with Crippen molar-refractivity contribution in [2.24, 2.45) is 5.73 Å². The number of nitrogens with two attached hydrogens (primary N) is 1. The minimum absolute atomic E-state index is 0.122. The second-order valence-electron chi connectivity index (χ2n) is 7.50. The van der Waals surface area contributed by atoms with Crippen LogP contribution in [0.2, 0.25) is 0 Å². The summed E-state index contributed by atoms with van der Waals surface area (Å²) in [5, 5.41) is 0. The van der Waals surface area contributed by atoms with Crippen LogP contribution >= 0.6 is 0 Å². The minimum atomic E-state index is -0.447. The van der Waals surface area contributed by atoms with Gasteiger partial charge in [-0.2, -0.15) is 0 Å². The molecule has 1 aromatic carbocycles. The average Bonchev–Trinajstić information content (AvgIpc) is 2.80. The molecule has 8 nitrogen and oxygen atoms in total. The summed E-state index contributed by atoms with van der Waals surface area (Å²) in [7, 11) is 0. The standard InChI is InChI=1S/C22H26N4O4/c23-22(28)17-3-1-16(2-4-17)18-5-6-19(24-13-18)20-14-26(9-12-30-20)21(27)15-25-7-10-29-11-8-25/h1-6,13,20H,7-12,14-15H2,(H2,23,28).